The third-order valence-corrected chi connectivity index (χ3v) is 6.64. The van der Waals surface area contributed by atoms with Crippen LogP contribution in [0.15, 0.2) is 72.8 Å². The summed E-state index contributed by atoms with van der Waals surface area (Å²) in [5.41, 5.74) is 5.27. The number of benzene rings is 3. The molecule has 0 aliphatic heterocycles. The summed E-state index contributed by atoms with van der Waals surface area (Å²) in [4.78, 5) is 45.3. The van der Waals surface area contributed by atoms with E-state index < -0.39 is 31.8 Å². The largest absolute Gasteiger partial charge is 0.481 e. The van der Waals surface area contributed by atoms with E-state index in [1.54, 1.807) is 12.1 Å². The number of carboxylic acids is 1. The highest BCUT2D eigenvalue weighted by molar-refractivity contribution is 7.51. The van der Waals surface area contributed by atoms with E-state index in [1.165, 1.54) is 4.90 Å². The van der Waals surface area contributed by atoms with Crippen molar-refractivity contribution in [2.24, 2.45) is 0 Å². The first-order valence-corrected chi connectivity index (χ1v) is 13.4. The van der Waals surface area contributed by atoms with Crippen LogP contribution in [0.25, 0.3) is 11.1 Å². The quantitative estimate of drug-likeness (QED) is 0.286. The van der Waals surface area contributed by atoms with Gasteiger partial charge in [0.05, 0.1) is 6.42 Å². The fraction of sp³-hybridized carbons (Fsp3) is 0.259. The standard InChI is InChI=1S/C27H31N2O6P/c1-19-8-13-24(16-20(19)2)29(18-36(33,34)35)25(27(32)28-15-14-26(30)31)17-21-9-11-23(12-10-21)22-6-4-3-5-7-22/h3-13,16,25H,14-15,17-18H2,1-2H3,(H,28,32)(H,30,31)(H2,33,34,35)/t25-/m0/s1. The molecule has 9 heteroatoms. The molecule has 3 rings (SSSR count). The third kappa shape index (κ3) is 7.78. The van der Waals surface area contributed by atoms with Crippen molar-refractivity contribution in [1.82, 2.24) is 5.32 Å². The molecule has 0 bridgehead atoms. The van der Waals surface area contributed by atoms with Gasteiger partial charge in [0.2, 0.25) is 5.91 Å². The molecule has 0 aliphatic rings. The second-order valence-electron chi connectivity index (χ2n) is 8.76. The molecule has 4 N–H and O–H groups in total. The van der Waals surface area contributed by atoms with E-state index in [4.69, 9.17) is 5.11 Å². The normalized spacial score (nSPS) is 12.1. The van der Waals surface area contributed by atoms with E-state index in [-0.39, 0.29) is 19.4 Å². The zero-order valence-electron chi connectivity index (χ0n) is 20.3. The minimum absolute atomic E-state index is 0.0890. The first kappa shape index (κ1) is 27.1. The number of carbonyl (C=O) groups excluding carboxylic acids is 1. The lowest BCUT2D eigenvalue weighted by Gasteiger charge is -2.33. The Bertz CT molecular complexity index is 1240. The van der Waals surface area contributed by atoms with Gasteiger partial charge in [-0.2, -0.15) is 0 Å². The SMILES string of the molecule is Cc1ccc(N(CP(=O)(O)O)[C@@H](Cc2ccc(-c3ccccc3)cc2)C(=O)NCCC(=O)O)cc1C. The summed E-state index contributed by atoms with van der Waals surface area (Å²) in [6, 6.07) is 21.9. The minimum atomic E-state index is -4.55. The molecule has 0 radical (unpaired) electrons. The van der Waals surface area contributed by atoms with E-state index in [2.05, 4.69) is 5.32 Å². The molecule has 190 valence electrons. The molecule has 0 heterocycles. The Morgan fingerprint density at radius 3 is 2.14 bits per heavy atom. The van der Waals surface area contributed by atoms with Gasteiger partial charge in [-0.3, -0.25) is 14.2 Å². The van der Waals surface area contributed by atoms with Crippen LogP contribution in [0, 0.1) is 13.8 Å². The van der Waals surface area contributed by atoms with Crippen LogP contribution in [0.5, 0.6) is 0 Å². The molecule has 0 aliphatic carbocycles. The molecule has 36 heavy (non-hydrogen) atoms. The van der Waals surface area contributed by atoms with Gasteiger partial charge in [-0.15, -0.1) is 0 Å². The Labute approximate surface area is 210 Å². The van der Waals surface area contributed by atoms with Gasteiger partial charge in [0.1, 0.15) is 12.3 Å². The van der Waals surface area contributed by atoms with Gasteiger partial charge >= 0.3 is 13.6 Å². The molecule has 0 aromatic heterocycles. The molecule has 0 fully saturated rings. The van der Waals surface area contributed by atoms with Crippen LogP contribution in [0.4, 0.5) is 5.69 Å². The summed E-state index contributed by atoms with van der Waals surface area (Å²) in [6.07, 6.45) is -0.748. The van der Waals surface area contributed by atoms with Crippen molar-refractivity contribution >= 4 is 25.2 Å². The number of carbonyl (C=O) groups is 2. The van der Waals surface area contributed by atoms with E-state index >= 15 is 0 Å². The lowest BCUT2D eigenvalue weighted by atomic mass is 9.99. The van der Waals surface area contributed by atoms with Gasteiger partial charge in [0.25, 0.3) is 0 Å². The fourth-order valence-electron chi connectivity index (χ4n) is 3.90. The number of nitrogens with zero attached hydrogens (tertiary/aromatic N) is 1. The van der Waals surface area contributed by atoms with Crippen molar-refractivity contribution in [2.75, 3.05) is 17.7 Å². The van der Waals surface area contributed by atoms with Gasteiger partial charge < -0.3 is 25.1 Å². The summed E-state index contributed by atoms with van der Waals surface area (Å²) in [5, 5.41) is 11.6. The molecule has 1 amide bonds. The van der Waals surface area contributed by atoms with Crippen LogP contribution >= 0.6 is 7.60 Å². The number of nitrogens with one attached hydrogen (secondary N) is 1. The number of anilines is 1. The van der Waals surface area contributed by atoms with E-state index in [0.717, 1.165) is 27.8 Å². The maximum atomic E-state index is 13.3. The molecular formula is C27H31N2O6P. The lowest BCUT2D eigenvalue weighted by Crippen LogP contribution is -2.49. The monoisotopic (exact) mass is 510 g/mol. The van der Waals surface area contributed by atoms with E-state index in [1.807, 2.05) is 74.5 Å². The van der Waals surface area contributed by atoms with Crippen molar-refractivity contribution < 1.29 is 29.0 Å². The topological polar surface area (TPSA) is 127 Å². The van der Waals surface area contributed by atoms with Crippen LogP contribution in [-0.2, 0) is 20.6 Å². The van der Waals surface area contributed by atoms with Crippen LogP contribution in [-0.4, -0.2) is 45.6 Å². The number of amides is 1. The Hall–Kier alpha value is -3.45. The summed E-state index contributed by atoms with van der Waals surface area (Å²) < 4.78 is 12.1. The maximum Gasteiger partial charge on any atom is 0.344 e. The van der Waals surface area contributed by atoms with Crippen LogP contribution in [0.1, 0.15) is 23.1 Å². The third-order valence-electron chi connectivity index (χ3n) is 5.97. The Morgan fingerprint density at radius 1 is 0.917 bits per heavy atom. The molecule has 3 aromatic carbocycles. The molecule has 0 saturated heterocycles. The number of hydrogen-bond donors (Lipinski definition) is 4. The molecule has 0 saturated carbocycles. The average Bonchev–Trinajstić information content (AvgIpc) is 2.83. The van der Waals surface area contributed by atoms with Gasteiger partial charge in [0.15, 0.2) is 0 Å². The molecule has 0 unspecified atom stereocenters. The lowest BCUT2D eigenvalue weighted by molar-refractivity contribution is -0.136. The molecule has 3 aromatic rings. The molecule has 1 atom stereocenters. The van der Waals surface area contributed by atoms with Crippen LogP contribution in [0.2, 0.25) is 0 Å². The summed E-state index contributed by atoms with van der Waals surface area (Å²) in [7, 11) is -4.55. The highest BCUT2D eigenvalue weighted by Gasteiger charge is 2.31. The van der Waals surface area contributed by atoms with Gasteiger partial charge in [-0.1, -0.05) is 60.7 Å². The zero-order valence-corrected chi connectivity index (χ0v) is 21.2. The molecule has 8 nitrogen and oxygen atoms in total. The van der Waals surface area contributed by atoms with Crippen LogP contribution in [0.3, 0.4) is 0 Å². The number of carboxylic acid groups (broad SMARTS) is 1. The average molecular weight is 511 g/mol. The second kappa shape index (κ2) is 12.0. The number of aryl methyl sites for hydroxylation is 2. The van der Waals surface area contributed by atoms with Crippen molar-refractivity contribution in [3.05, 3.63) is 89.5 Å². The molecular weight excluding hydrogens is 479 g/mol. The number of rotatable bonds is 11. The summed E-state index contributed by atoms with van der Waals surface area (Å²) in [6.45, 7) is 3.73. The van der Waals surface area contributed by atoms with Crippen molar-refractivity contribution in [3.63, 3.8) is 0 Å². The Morgan fingerprint density at radius 2 is 1.56 bits per heavy atom. The van der Waals surface area contributed by atoms with E-state index in [0.29, 0.717) is 5.69 Å². The first-order chi connectivity index (χ1) is 17.0. The molecule has 0 spiro atoms. The van der Waals surface area contributed by atoms with Crippen molar-refractivity contribution in [3.8, 4) is 11.1 Å². The Kier molecular flexibility index (Phi) is 9.04. The zero-order chi connectivity index (χ0) is 26.3. The van der Waals surface area contributed by atoms with Crippen molar-refractivity contribution in [1.29, 1.82) is 0 Å². The van der Waals surface area contributed by atoms with Gasteiger partial charge in [0, 0.05) is 18.7 Å². The Balaban J connectivity index is 1.96. The summed E-state index contributed by atoms with van der Waals surface area (Å²) >= 11 is 0. The minimum Gasteiger partial charge on any atom is -0.481 e. The number of hydrogen-bond acceptors (Lipinski definition) is 4. The van der Waals surface area contributed by atoms with Gasteiger partial charge in [-0.25, -0.2) is 0 Å². The maximum absolute atomic E-state index is 13.3. The predicted octanol–water partition coefficient (Wildman–Crippen LogP) is 4.11. The fourth-order valence-corrected chi connectivity index (χ4v) is 4.66. The highest BCUT2D eigenvalue weighted by Crippen LogP contribution is 2.38. The van der Waals surface area contributed by atoms with Gasteiger partial charge in [-0.05, 0) is 53.8 Å². The highest BCUT2D eigenvalue weighted by atomic mass is 31.2. The van der Waals surface area contributed by atoms with Crippen LogP contribution < -0.4 is 10.2 Å². The number of aliphatic carboxylic acids is 1. The smallest absolute Gasteiger partial charge is 0.344 e. The predicted molar refractivity (Wildman–Crippen MR) is 140 cm³/mol. The first-order valence-electron chi connectivity index (χ1n) is 11.6. The second-order valence-corrected chi connectivity index (χ2v) is 10.4. The van der Waals surface area contributed by atoms with Crippen molar-refractivity contribution in [2.45, 2.75) is 32.7 Å². The van der Waals surface area contributed by atoms with E-state index in [9.17, 15) is 23.9 Å². The summed E-state index contributed by atoms with van der Waals surface area (Å²) in [5.74, 6) is -1.56.